The number of likely N-dealkylation sites (tertiary alicyclic amines) is 1. The second-order valence-corrected chi connectivity index (χ2v) is 8.62. The van der Waals surface area contributed by atoms with Gasteiger partial charge in [0.1, 0.15) is 5.82 Å². The van der Waals surface area contributed by atoms with Gasteiger partial charge in [0.15, 0.2) is 0 Å². The van der Waals surface area contributed by atoms with Crippen LogP contribution >= 0.6 is 0 Å². The van der Waals surface area contributed by atoms with Crippen LogP contribution in [0.25, 0.3) is 0 Å². The van der Waals surface area contributed by atoms with Crippen molar-refractivity contribution in [3.63, 3.8) is 0 Å². The first-order chi connectivity index (χ1) is 11.4. The van der Waals surface area contributed by atoms with Crippen LogP contribution in [-0.4, -0.2) is 61.8 Å². The van der Waals surface area contributed by atoms with Crippen molar-refractivity contribution in [2.45, 2.75) is 18.8 Å². The van der Waals surface area contributed by atoms with Gasteiger partial charge in [-0.2, -0.15) is 13.2 Å². The molecule has 0 saturated carbocycles. The van der Waals surface area contributed by atoms with E-state index in [2.05, 4.69) is 0 Å². The van der Waals surface area contributed by atoms with Crippen LogP contribution < -0.4 is 0 Å². The minimum absolute atomic E-state index is 0.0684. The lowest BCUT2D eigenvalue weighted by atomic mass is 10.1. The SMILES string of the molecule is CN(C)S(=O)(=O)C[C@@H]1CN(Cc2ccc(F)c(C(F)(F)F)c2)C[C@H]1O. The topological polar surface area (TPSA) is 60.9 Å². The van der Waals surface area contributed by atoms with Gasteiger partial charge < -0.3 is 5.11 Å². The molecule has 5 nitrogen and oxygen atoms in total. The molecular formula is C15H20F4N2O3S. The summed E-state index contributed by atoms with van der Waals surface area (Å²) >= 11 is 0. The summed E-state index contributed by atoms with van der Waals surface area (Å²) in [5, 5.41) is 10.0. The maximum absolute atomic E-state index is 13.3. The Hall–Kier alpha value is -1.23. The molecule has 0 unspecified atom stereocenters. The van der Waals surface area contributed by atoms with Crippen molar-refractivity contribution in [2.75, 3.05) is 32.9 Å². The molecule has 0 amide bonds. The van der Waals surface area contributed by atoms with Crippen molar-refractivity contribution >= 4 is 10.0 Å². The summed E-state index contributed by atoms with van der Waals surface area (Å²) in [6.45, 7) is 0.443. The van der Waals surface area contributed by atoms with Crippen molar-refractivity contribution in [3.8, 4) is 0 Å². The lowest BCUT2D eigenvalue weighted by Crippen LogP contribution is -2.33. The van der Waals surface area contributed by atoms with Crippen LogP contribution in [0, 0.1) is 11.7 Å². The average molecular weight is 384 g/mol. The molecule has 1 aliphatic rings. The fourth-order valence-electron chi connectivity index (χ4n) is 2.80. The number of β-amino-alcohol motifs (C(OH)–C–C–N with tert-alkyl or cyclic N) is 1. The van der Waals surface area contributed by atoms with Crippen LogP contribution in [0.15, 0.2) is 18.2 Å². The first-order valence-electron chi connectivity index (χ1n) is 7.56. The molecule has 0 radical (unpaired) electrons. The van der Waals surface area contributed by atoms with Gasteiger partial charge in [-0.25, -0.2) is 17.1 Å². The Morgan fingerprint density at radius 3 is 2.48 bits per heavy atom. The van der Waals surface area contributed by atoms with Crippen LogP contribution in [0.5, 0.6) is 0 Å². The first-order valence-corrected chi connectivity index (χ1v) is 9.17. The molecular weight excluding hydrogens is 364 g/mol. The largest absolute Gasteiger partial charge is 0.419 e. The molecule has 2 atom stereocenters. The zero-order valence-electron chi connectivity index (χ0n) is 13.8. The van der Waals surface area contributed by atoms with E-state index in [0.29, 0.717) is 0 Å². The molecule has 2 rings (SSSR count). The third kappa shape index (κ3) is 4.90. The fourth-order valence-corrected chi connectivity index (χ4v) is 3.97. The summed E-state index contributed by atoms with van der Waals surface area (Å²) in [4.78, 5) is 1.66. The highest BCUT2D eigenvalue weighted by molar-refractivity contribution is 7.89. The fraction of sp³-hybridized carbons (Fsp3) is 0.600. The van der Waals surface area contributed by atoms with Gasteiger partial charge >= 0.3 is 6.18 Å². The summed E-state index contributed by atoms with van der Waals surface area (Å²) in [6.07, 6.45) is -5.68. The van der Waals surface area contributed by atoms with Crippen LogP contribution in [0.2, 0.25) is 0 Å². The summed E-state index contributed by atoms with van der Waals surface area (Å²) in [5.41, 5.74) is -1.09. The van der Waals surface area contributed by atoms with E-state index in [0.717, 1.165) is 16.4 Å². The number of benzene rings is 1. The van der Waals surface area contributed by atoms with E-state index in [1.807, 2.05) is 0 Å². The quantitative estimate of drug-likeness (QED) is 0.783. The van der Waals surface area contributed by atoms with Crippen LogP contribution in [0.3, 0.4) is 0 Å². The molecule has 1 aromatic carbocycles. The van der Waals surface area contributed by atoms with Gasteiger partial charge in [-0.15, -0.1) is 0 Å². The number of hydrogen-bond acceptors (Lipinski definition) is 4. The number of aliphatic hydroxyl groups excluding tert-OH is 1. The van der Waals surface area contributed by atoms with Crippen LogP contribution in [0.1, 0.15) is 11.1 Å². The summed E-state index contributed by atoms with van der Waals surface area (Å²) < 4.78 is 76.5. The Bertz CT molecular complexity index is 722. The molecule has 0 spiro atoms. The highest BCUT2D eigenvalue weighted by atomic mass is 32.2. The third-order valence-electron chi connectivity index (χ3n) is 4.21. The molecule has 0 aromatic heterocycles. The molecule has 0 aliphatic carbocycles. The lowest BCUT2D eigenvalue weighted by molar-refractivity contribution is -0.140. The molecule has 1 fully saturated rings. The predicted molar refractivity (Wildman–Crippen MR) is 83.6 cm³/mol. The van der Waals surface area contributed by atoms with Gasteiger partial charge in [-0.05, 0) is 17.7 Å². The summed E-state index contributed by atoms with van der Waals surface area (Å²) in [5.74, 6) is -2.11. The van der Waals surface area contributed by atoms with Gasteiger partial charge in [-0.1, -0.05) is 6.07 Å². The Balaban J connectivity index is 2.08. The standard InChI is InChI=1S/C15H20F4N2O3S/c1-20(2)25(23,24)9-11-7-21(8-14(11)22)6-10-3-4-13(16)12(5-10)15(17,18)19/h3-5,11,14,22H,6-9H2,1-2H3/t11-,14+/m0/s1. The van der Waals surface area contributed by atoms with E-state index in [4.69, 9.17) is 0 Å². The zero-order valence-corrected chi connectivity index (χ0v) is 14.6. The highest BCUT2D eigenvalue weighted by Crippen LogP contribution is 2.32. The molecule has 0 bridgehead atoms. The van der Waals surface area contributed by atoms with E-state index in [1.165, 1.54) is 20.2 Å². The molecule has 1 aliphatic heterocycles. The second kappa shape index (κ2) is 7.18. The normalized spacial score (nSPS) is 22.7. The van der Waals surface area contributed by atoms with Crippen molar-refractivity contribution < 1.29 is 31.1 Å². The number of nitrogens with zero attached hydrogens (tertiary/aromatic N) is 2. The molecule has 1 aromatic rings. The molecule has 25 heavy (non-hydrogen) atoms. The van der Waals surface area contributed by atoms with Crippen molar-refractivity contribution in [1.29, 1.82) is 0 Å². The van der Waals surface area contributed by atoms with Gasteiger partial charge in [0.25, 0.3) is 0 Å². The molecule has 142 valence electrons. The minimum atomic E-state index is -4.78. The Kier molecular flexibility index (Phi) is 5.77. The molecule has 1 saturated heterocycles. The smallest absolute Gasteiger partial charge is 0.391 e. The van der Waals surface area contributed by atoms with Gasteiger partial charge in [0.05, 0.1) is 17.4 Å². The number of rotatable bonds is 5. The summed E-state index contributed by atoms with van der Waals surface area (Å²) in [7, 11) is -0.705. The number of aliphatic hydroxyl groups is 1. The van der Waals surface area contributed by atoms with Gasteiger partial charge in [-0.3, -0.25) is 4.90 Å². The third-order valence-corrected chi connectivity index (χ3v) is 6.17. The highest BCUT2D eigenvalue weighted by Gasteiger charge is 2.37. The number of sulfonamides is 1. The number of alkyl halides is 3. The first kappa shape index (κ1) is 20.1. The van der Waals surface area contributed by atoms with E-state index in [-0.39, 0.29) is 31.0 Å². The van der Waals surface area contributed by atoms with E-state index in [1.54, 1.807) is 4.90 Å². The minimum Gasteiger partial charge on any atom is -0.391 e. The zero-order chi connectivity index (χ0) is 19.0. The molecule has 10 heteroatoms. The molecule has 1 N–H and O–H groups in total. The average Bonchev–Trinajstić information content (AvgIpc) is 2.79. The Morgan fingerprint density at radius 2 is 1.92 bits per heavy atom. The van der Waals surface area contributed by atoms with E-state index >= 15 is 0 Å². The van der Waals surface area contributed by atoms with E-state index in [9.17, 15) is 31.1 Å². The maximum Gasteiger partial charge on any atom is 0.419 e. The van der Waals surface area contributed by atoms with Gasteiger partial charge in [0.2, 0.25) is 10.0 Å². The Labute approximate surface area is 143 Å². The van der Waals surface area contributed by atoms with Crippen LogP contribution in [-0.2, 0) is 22.7 Å². The monoisotopic (exact) mass is 384 g/mol. The number of hydrogen-bond donors (Lipinski definition) is 1. The predicted octanol–water partition coefficient (Wildman–Crippen LogP) is 1.53. The maximum atomic E-state index is 13.3. The Morgan fingerprint density at radius 1 is 1.28 bits per heavy atom. The van der Waals surface area contributed by atoms with Crippen molar-refractivity contribution in [1.82, 2.24) is 9.21 Å². The summed E-state index contributed by atoms with van der Waals surface area (Å²) in [6, 6.07) is 2.76. The number of halogens is 4. The van der Waals surface area contributed by atoms with E-state index < -0.39 is 39.6 Å². The lowest BCUT2D eigenvalue weighted by Gasteiger charge is -2.18. The van der Waals surface area contributed by atoms with Crippen molar-refractivity contribution in [3.05, 3.63) is 35.1 Å². The van der Waals surface area contributed by atoms with Crippen molar-refractivity contribution in [2.24, 2.45) is 5.92 Å². The van der Waals surface area contributed by atoms with Crippen LogP contribution in [0.4, 0.5) is 17.6 Å². The molecule has 1 heterocycles. The second-order valence-electron chi connectivity index (χ2n) is 6.39. The van der Waals surface area contributed by atoms with Gasteiger partial charge in [0, 0.05) is 39.6 Å².